The van der Waals surface area contributed by atoms with E-state index in [1.165, 1.54) is 12.6 Å². The first-order valence-corrected chi connectivity index (χ1v) is 10.7. The topological polar surface area (TPSA) is 42.2 Å². The van der Waals surface area contributed by atoms with Gasteiger partial charge in [0.1, 0.15) is 0 Å². The highest BCUT2D eigenvalue weighted by atomic mass is 19.3. The zero-order valence-corrected chi connectivity index (χ0v) is 19.1. The Labute approximate surface area is 193 Å². The summed E-state index contributed by atoms with van der Waals surface area (Å²) in [6.45, 7) is 7.80. The molecule has 0 unspecified atom stereocenters. The van der Waals surface area contributed by atoms with Gasteiger partial charge in [0.05, 0.1) is 18.3 Å². The SMILES string of the molecule is C=Cc1cnn2ccc(/C(=C/C)c3cc(-c4ccccc4)cnc3C)cc12.CNCC(F)F. The summed E-state index contributed by atoms with van der Waals surface area (Å²) in [4.78, 5) is 4.66. The number of nitrogens with one attached hydrogen (secondary N) is 1. The number of aryl methyl sites for hydroxylation is 1. The summed E-state index contributed by atoms with van der Waals surface area (Å²) in [5, 5.41) is 6.69. The number of benzene rings is 1. The predicted octanol–water partition coefficient (Wildman–Crippen LogP) is 6.27. The van der Waals surface area contributed by atoms with Gasteiger partial charge in [-0.15, -0.1) is 0 Å². The van der Waals surface area contributed by atoms with Gasteiger partial charge in [0.25, 0.3) is 6.43 Å². The number of hydrogen-bond donors (Lipinski definition) is 1. The van der Waals surface area contributed by atoms with Gasteiger partial charge in [-0.2, -0.15) is 5.10 Å². The smallest absolute Gasteiger partial charge is 0.250 e. The van der Waals surface area contributed by atoms with E-state index in [4.69, 9.17) is 0 Å². The molecule has 0 aliphatic rings. The van der Waals surface area contributed by atoms with Crippen LogP contribution in [0.5, 0.6) is 0 Å². The van der Waals surface area contributed by atoms with Crippen molar-refractivity contribution in [3.05, 3.63) is 102 Å². The Morgan fingerprint density at radius 2 is 1.88 bits per heavy atom. The van der Waals surface area contributed by atoms with Crippen molar-refractivity contribution in [2.75, 3.05) is 13.6 Å². The Kier molecular flexibility index (Phi) is 8.22. The highest BCUT2D eigenvalue weighted by molar-refractivity contribution is 5.85. The number of hydrogen-bond acceptors (Lipinski definition) is 3. The van der Waals surface area contributed by atoms with Gasteiger partial charge < -0.3 is 5.32 Å². The summed E-state index contributed by atoms with van der Waals surface area (Å²) in [6.07, 6.45) is 7.54. The molecular weight excluding hydrogens is 418 g/mol. The number of fused-ring (bicyclic) bond motifs is 1. The van der Waals surface area contributed by atoms with E-state index >= 15 is 0 Å². The largest absolute Gasteiger partial charge is 0.315 e. The molecule has 0 aliphatic heterocycles. The van der Waals surface area contributed by atoms with Crippen LogP contribution in [0, 0.1) is 6.92 Å². The van der Waals surface area contributed by atoms with Gasteiger partial charge in [-0.3, -0.25) is 4.98 Å². The molecule has 0 amide bonds. The standard InChI is InChI=1S/C24H21N3.C3H7F2N/c1-4-18-16-26-27-12-11-20(14-24(18)27)22(5-2)23-13-21(15-25-17(23)3)19-9-7-6-8-10-19;1-6-2-3(4)5/h4-16H,1H2,2-3H3;3,6H,2H2,1H3/b22-5-;. The minimum absolute atomic E-state index is 0.208. The lowest BCUT2D eigenvalue weighted by Gasteiger charge is -2.13. The molecule has 1 N–H and O–H groups in total. The van der Waals surface area contributed by atoms with Crippen molar-refractivity contribution in [1.29, 1.82) is 0 Å². The van der Waals surface area contributed by atoms with Gasteiger partial charge in [0, 0.05) is 34.8 Å². The molecule has 33 heavy (non-hydrogen) atoms. The molecule has 0 aliphatic carbocycles. The Bertz CT molecular complexity index is 1240. The third-order valence-electron chi connectivity index (χ3n) is 5.21. The maximum Gasteiger partial charge on any atom is 0.250 e. The van der Waals surface area contributed by atoms with E-state index in [0.29, 0.717) is 0 Å². The van der Waals surface area contributed by atoms with E-state index < -0.39 is 6.43 Å². The van der Waals surface area contributed by atoms with Crippen molar-refractivity contribution < 1.29 is 8.78 Å². The molecule has 3 aromatic heterocycles. The highest BCUT2D eigenvalue weighted by Crippen LogP contribution is 2.30. The molecular formula is C27H28F2N4. The van der Waals surface area contributed by atoms with Crippen molar-refractivity contribution in [3.63, 3.8) is 0 Å². The lowest BCUT2D eigenvalue weighted by atomic mass is 9.94. The quantitative estimate of drug-likeness (QED) is 0.380. The molecule has 0 spiro atoms. The maximum atomic E-state index is 11.0. The van der Waals surface area contributed by atoms with Crippen LogP contribution in [-0.4, -0.2) is 34.6 Å². The van der Waals surface area contributed by atoms with Gasteiger partial charge in [-0.1, -0.05) is 49.1 Å². The zero-order valence-electron chi connectivity index (χ0n) is 19.1. The van der Waals surface area contributed by atoms with Crippen LogP contribution < -0.4 is 5.32 Å². The molecule has 0 atom stereocenters. The monoisotopic (exact) mass is 446 g/mol. The first kappa shape index (κ1) is 24.0. The van der Waals surface area contributed by atoms with Crippen molar-refractivity contribution in [2.45, 2.75) is 20.3 Å². The van der Waals surface area contributed by atoms with Crippen LogP contribution in [-0.2, 0) is 0 Å². The molecule has 4 rings (SSSR count). The van der Waals surface area contributed by atoms with E-state index in [2.05, 4.69) is 84.4 Å². The molecule has 170 valence electrons. The van der Waals surface area contributed by atoms with Crippen LogP contribution in [0.4, 0.5) is 8.78 Å². The zero-order chi connectivity index (χ0) is 23.8. The fraction of sp³-hybridized carbons (Fsp3) is 0.185. The van der Waals surface area contributed by atoms with Gasteiger partial charge in [-0.05, 0) is 55.8 Å². The minimum Gasteiger partial charge on any atom is -0.315 e. The third-order valence-corrected chi connectivity index (χ3v) is 5.21. The van der Waals surface area contributed by atoms with Crippen LogP contribution in [0.25, 0.3) is 28.3 Å². The molecule has 0 saturated heterocycles. The summed E-state index contributed by atoms with van der Waals surface area (Å²) in [6, 6.07) is 16.8. The van der Waals surface area contributed by atoms with Crippen molar-refractivity contribution in [1.82, 2.24) is 19.9 Å². The lowest BCUT2D eigenvalue weighted by molar-refractivity contribution is 0.149. The van der Waals surface area contributed by atoms with E-state index in [1.54, 1.807) is 0 Å². The minimum atomic E-state index is -2.21. The molecule has 4 aromatic rings. The molecule has 0 bridgehead atoms. The molecule has 0 radical (unpaired) electrons. The van der Waals surface area contributed by atoms with E-state index in [0.717, 1.165) is 39.0 Å². The predicted molar refractivity (Wildman–Crippen MR) is 132 cm³/mol. The summed E-state index contributed by atoms with van der Waals surface area (Å²) < 4.78 is 23.8. The number of rotatable bonds is 6. The number of aromatic nitrogens is 3. The van der Waals surface area contributed by atoms with Gasteiger partial charge in [0.15, 0.2) is 0 Å². The van der Waals surface area contributed by atoms with Gasteiger partial charge >= 0.3 is 0 Å². The van der Waals surface area contributed by atoms with Gasteiger partial charge in [0.2, 0.25) is 0 Å². The van der Waals surface area contributed by atoms with Crippen molar-refractivity contribution >= 4 is 17.2 Å². The number of pyridine rings is 2. The number of halogens is 2. The first-order chi connectivity index (χ1) is 16.0. The number of alkyl halides is 2. The Morgan fingerprint density at radius 1 is 1.12 bits per heavy atom. The maximum absolute atomic E-state index is 11.0. The van der Waals surface area contributed by atoms with Crippen LogP contribution in [0.3, 0.4) is 0 Å². The first-order valence-electron chi connectivity index (χ1n) is 10.7. The number of allylic oxidation sites excluding steroid dienone is 1. The number of nitrogens with zero attached hydrogens (tertiary/aromatic N) is 3. The van der Waals surface area contributed by atoms with Crippen LogP contribution in [0.15, 0.2) is 79.8 Å². The van der Waals surface area contributed by atoms with Crippen LogP contribution in [0.2, 0.25) is 0 Å². The summed E-state index contributed by atoms with van der Waals surface area (Å²) >= 11 is 0. The van der Waals surface area contributed by atoms with E-state index in [-0.39, 0.29) is 6.54 Å². The average Bonchev–Trinajstić information content (AvgIpc) is 3.24. The second-order valence-corrected chi connectivity index (χ2v) is 7.42. The van der Waals surface area contributed by atoms with Crippen molar-refractivity contribution in [3.8, 4) is 11.1 Å². The fourth-order valence-corrected chi connectivity index (χ4v) is 3.55. The summed E-state index contributed by atoms with van der Waals surface area (Å²) in [5.74, 6) is 0. The average molecular weight is 447 g/mol. The van der Waals surface area contributed by atoms with E-state index in [9.17, 15) is 8.78 Å². The molecule has 6 heteroatoms. The molecule has 4 nitrogen and oxygen atoms in total. The Morgan fingerprint density at radius 3 is 2.48 bits per heavy atom. The lowest BCUT2D eigenvalue weighted by Crippen LogP contribution is -2.15. The molecule has 0 saturated carbocycles. The van der Waals surface area contributed by atoms with Gasteiger partial charge in [-0.25, -0.2) is 13.3 Å². The van der Waals surface area contributed by atoms with Crippen molar-refractivity contribution in [2.24, 2.45) is 0 Å². The Balaban J connectivity index is 0.000000454. The Hall–Kier alpha value is -3.64. The molecule has 1 aromatic carbocycles. The second kappa shape index (κ2) is 11.3. The molecule has 3 heterocycles. The third kappa shape index (κ3) is 5.79. The molecule has 0 fully saturated rings. The highest BCUT2D eigenvalue weighted by Gasteiger charge is 2.12. The van der Waals surface area contributed by atoms with Crippen LogP contribution in [0.1, 0.15) is 29.3 Å². The normalized spacial score (nSPS) is 11.4. The summed E-state index contributed by atoms with van der Waals surface area (Å²) in [7, 11) is 1.49. The van der Waals surface area contributed by atoms with Crippen LogP contribution >= 0.6 is 0 Å². The second-order valence-electron chi connectivity index (χ2n) is 7.42. The summed E-state index contributed by atoms with van der Waals surface area (Å²) in [5.41, 5.74) is 8.82. The van der Waals surface area contributed by atoms with E-state index in [1.807, 2.05) is 35.2 Å². The fourth-order valence-electron chi connectivity index (χ4n) is 3.55.